The van der Waals surface area contributed by atoms with Gasteiger partial charge in [0.15, 0.2) is 0 Å². The number of rotatable bonds is 6. The maximum absolute atomic E-state index is 13.4. The monoisotopic (exact) mass is 600 g/mol. The number of hydrogen-bond acceptors (Lipinski definition) is 4. The molecule has 5 aromatic rings. The molecule has 0 aliphatic carbocycles. The summed E-state index contributed by atoms with van der Waals surface area (Å²) in [6.45, 7) is 3.75. The smallest absolute Gasteiger partial charge is 0.272 e. The van der Waals surface area contributed by atoms with Gasteiger partial charge >= 0.3 is 0 Å². The second-order valence-electron chi connectivity index (χ2n) is 9.33. The Hall–Kier alpha value is -4.23. The van der Waals surface area contributed by atoms with Gasteiger partial charge in [0.25, 0.3) is 11.8 Å². The number of pyridine rings is 1. The van der Waals surface area contributed by atoms with Crippen molar-refractivity contribution in [2.45, 2.75) is 13.8 Å². The van der Waals surface area contributed by atoms with Crippen LogP contribution in [0.25, 0.3) is 22.2 Å². The van der Waals surface area contributed by atoms with Crippen LogP contribution < -0.4 is 10.7 Å². The number of para-hydroxylation sites is 1. The molecule has 204 valence electrons. The van der Waals surface area contributed by atoms with E-state index < -0.39 is 0 Å². The van der Waals surface area contributed by atoms with Crippen LogP contribution in [0.4, 0.5) is 5.69 Å². The number of carbonyl (C=O) groups is 2. The predicted octanol–water partition coefficient (Wildman–Crippen LogP) is 8.58. The molecule has 9 heteroatoms. The van der Waals surface area contributed by atoms with Crippen LogP contribution in [0.15, 0.2) is 96.1 Å². The summed E-state index contributed by atoms with van der Waals surface area (Å²) < 4.78 is 0. The van der Waals surface area contributed by atoms with Crippen molar-refractivity contribution in [3.8, 4) is 11.3 Å². The third-order valence-electron chi connectivity index (χ3n) is 6.49. The first-order chi connectivity index (χ1) is 19.7. The number of nitrogens with zero attached hydrogens (tertiary/aromatic N) is 2. The van der Waals surface area contributed by atoms with E-state index in [1.165, 1.54) is 6.07 Å². The van der Waals surface area contributed by atoms with Gasteiger partial charge in [0.05, 0.1) is 33.1 Å². The molecule has 0 unspecified atom stereocenters. The average molecular weight is 602 g/mol. The van der Waals surface area contributed by atoms with Gasteiger partial charge in [-0.1, -0.05) is 77.3 Å². The van der Waals surface area contributed by atoms with Crippen molar-refractivity contribution in [3.05, 3.63) is 128 Å². The van der Waals surface area contributed by atoms with E-state index >= 15 is 0 Å². The van der Waals surface area contributed by atoms with Gasteiger partial charge in [-0.2, -0.15) is 5.10 Å². The molecule has 1 heterocycles. The zero-order valence-corrected chi connectivity index (χ0v) is 24.3. The Morgan fingerprint density at radius 2 is 1.49 bits per heavy atom. The molecule has 0 radical (unpaired) electrons. The molecule has 0 saturated carbocycles. The molecule has 1 aromatic heterocycles. The van der Waals surface area contributed by atoms with E-state index in [4.69, 9.17) is 39.8 Å². The van der Waals surface area contributed by atoms with Crippen LogP contribution in [0.5, 0.6) is 0 Å². The van der Waals surface area contributed by atoms with E-state index in [0.29, 0.717) is 38.3 Å². The van der Waals surface area contributed by atoms with Gasteiger partial charge in [0.2, 0.25) is 0 Å². The van der Waals surface area contributed by atoms with Gasteiger partial charge in [-0.25, -0.2) is 10.4 Å². The number of amides is 2. The summed E-state index contributed by atoms with van der Waals surface area (Å²) in [6, 6.07) is 26.6. The molecule has 0 fully saturated rings. The molecule has 0 aliphatic heterocycles. The fourth-order valence-electron chi connectivity index (χ4n) is 4.27. The van der Waals surface area contributed by atoms with Crippen LogP contribution >= 0.6 is 34.8 Å². The molecule has 0 atom stereocenters. The molecule has 41 heavy (non-hydrogen) atoms. The van der Waals surface area contributed by atoms with E-state index in [2.05, 4.69) is 15.8 Å². The first-order valence-corrected chi connectivity index (χ1v) is 13.7. The Labute approximate surface area is 252 Å². The Morgan fingerprint density at radius 1 is 0.780 bits per heavy atom. The standard InChI is InChI=1S/C32H23Cl3N4O2/c1-18-4-3-5-25-27(17-29(37-30(18)25)21-6-10-22(33)11-7-21)32(41)39-38-19(2)20-8-13-24(14-9-20)36-31(40)26-15-12-23(34)16-28(26)35/h3-17H,1-2H3,(H,36,40)(H,39,41). The number of fused-ring (bicyclic) bond motifs is 1. The van der Waals surface area contributed by atoms with Crippen molar-refractivity contribution in [1.82, 2.24) is 10.4 Å². The Kier molecular flexibility index (Phi) is 8.36. The molecule has 4 aromatic carbocycles. The number of aromatic nitrogens is 1. The van der Waals surface area contributed by atoms with Gasteiger partial charge in [0, 0.05) is 26.7 Å². The summed E-state index contributed by atoms with van der Waals surface area (Å²) in [6.07, 6.45) is 0. The first kappa shape index (κ1) is 28.3. The number of nitrogens with one attached hydrogen (secondary N) is 2. The Balaban J connectivity index is 1.35. The first-order valence-electron chi connectivity index (χ1n) is 12.6. The van der Waals surface area contributed by atoms with Gasteiger partial charge in [-0.15, -0.1) is 0 Å². The Morgan fingerprint density at radius 3 is 2.20 bits per heavy atom. The number of hydrogen-bond donors (Lipinski definition) is 2. The number of carbonyl (C=O) groups excluding carboxylic acids is 2. The molecular weight excluding hydrogens is 579 g/mol. The van der Waals surface area contributed by atoms with Crippen molar-refractivity contribution in [2.75, 3.05) is 5.32 Å². The molecule has 0 aliphatic rings. The average Bonchev–Trinajstić information content (AvgIpc) is 2.96. The van der Waals surface area contributed by atoms with Crippen molar-refractivity contribution >= 4 is 68.9 Å². The lowest BCUT2D eigenvalue weighted by Gasteiger charge is -2.11. The molecular formula is C32H23Cl3N4O2. The molecule has 2 N–H and O–H groups in total. The van der Waals surface area contributed by atoms with Gasteiger partial charge in [-0.3, -0.25) is 9.59 Å². The number of halogens is 3. The highest BCUT2D eigenvalue weighted by Crippen LogP contribution is 2.28. The zero-order valence-electron chi connectivity index (χ0n) is 22.0. The second-order valence-corrected chi connectivity index (χ2v) is 10.6. The number of anilines is 1. The van der Waals surface area contributed by atoms with Crippen LogP contribution in [0.1, 0.15) is 38.8 Å². The van der Waals surface area contributed by atoms with Crippen LogP contribution in [0.2, 0.25) is 15.1 Å². The molecule has 0 saturated heterocycles. The summed E-state index contributed by atoms with van der Waals surface area (Å²) in [5.74, 6) is -0.712. The highest BCUT2D eigenvalue weighted by Gasteiger charge is 2.16. The summed E-state index contributed by atoms with van der Waals surface area (Å²) in [4.78, 5) is 30.8. The molecule has 0 bridgehead atoms. The summed E-state index contributed by atoms with van der Waals surface area (Å²) in [5.41, 5.74) is 8.59. The van der Waals surface area contributed by atoms with E-state index in [0.717, 1.165) is 27.6 Å². The maximum Gasteiger partial charge on any atom is 0.272 e. The van der Waals surface area contributed by atoms with Gasteiger partial charge in [-0.05, 0) is 73.5 Å². The van der Waals surface area contributed by atoms with Crippen molar-refractivity contribution < 1.29 is 9.59 Å². The molecule has 0 spiro atoms. The normalized spacial score (nSPS) is 11.4. The van der Waals surface area contributed by atoms with E-state index in [9.17, 15) is 9.59 Å². The quantitative estimate of drug-likeness (QED) is 0.151. The maximum atomic E-state index is 13.4. The van der Waals surface area contributed by atoms with Gasteiger partial charge in [0.1, 0.15) is 0 Å². The number of benzene rings is 4. The van der Waals surface area contributed by atoms with Crippen LogP contribution in [0.3, 0.4) is 0 Å². The minimum atomic E-state index is -0.360. The van der Waals surface area contributed by atoms with Crippen molar-refractivity contribution in [2.24, 2.45) is 5.10 Å². The predicted molar refractivity (Wildman–Crippen MR) is 167 cm³/mol. The van der Waals surface area contributed by atoms with Crippen LogP contribution in [-0.2, 0) is 0 Å². The van der Waals surface area contributed by atoms with Crippen LogP contribution in [0, 0.1) is 6.92 Å². The molecule has 5 rings (SSSR count). The largest absolute Gasteiger partial charge is 0.322 e. The Bertz CT molecular complexity index is 1820. The number of aryl methyl sites for hydroxylation is 1. The van der Waals surface area contributed by atoms with Crippen LogP contribution in [-0.4, -0.2) is 22.5 Å². The summed E-state index contributed by atoms with van der Waals surface area (Å²) in [7, 11) is 0. The fourth-order valence-corrected chi connectivity index (χ4v) is 4.89. The van der Waals surface area contributed by atoms with E-state index in [1.54, 1.807) is 61.5 Å². The fraction of sp³-hybridized carbons (Fsp3) is 0.0625. The minimum absolute atomic E-state index is 0.266. The summed E-state index contributed by atoms with van der Waals surface area (Å²) in [5, 5.41) is 9.21. The minimum Gasteiger partial charge on any atom is -0.322 e. The zero-order chi connectivity index (χ0) is 29.1. The molecule has 6 nitrogen and oxygen atoms in total. The van der Waals surface area contributed by atoms with Crippen molar-refractivity contribution in [1.29, 1.82) is 0 Å². The third-order valence-corrected chi connectivity index (χ3v) is 7.29. The van der Waals surface area contributed by atoms with Crippen molar-refractivity contribution in [3.63, 3.8) is 0 Å². The van der Waals surface area contributed by atoms with E-state index in [1.807, 2.05) is 37.3 Å². The van der Waals surface area contributed by atoms with E-state index in [-0.39, 0.29) is 16.8 Å². The summed E-state index contributed by atoms with van der Waals surface area (Å²) >= 11 is 18.1. The highest BCUT2D eigenvalue weighted by atomic mass is 35.5. The van der Waals surface area contributed by atoms with Gasteiger partial charge < -0.3 is 5.32 Å². The highest BCUT2D eigenvalue weighted by molar-refractivity contribution is 6.37. The SMILES string of the molecule is CC(=NNC(=O)c1cc(-c2ccc(Cl)cc2)nc2c(C)cccc12)c1ccc(NC(=O)c2ccc(Cl)cc2Cl)cc1. The lowest BCUT2D eigenvalue weighted by Crippen LogP contribution is -2.20. The lowest BCUT2D eigenvalue weighted by molar-refractivity contribution is 0.0955. The second kappa shape index (κ2) is 12.1. The topological polar surface area (TPSA) is 83.4 Å². The molecule has 2 amide bonds. The third kappa shape index (κ3) is 6.41. The lowest BCUT2D eigenvalue weighted by atomic mass is 10.0. The number of hydrazone groups is 1.